The van der Waals surface area contributed by atoms with Gasteiger partial charge < -0.3 is 10.1 Å². The number of carbonyl (C=O) groups is 2. The summed E-state index contributed by atoms with van der Waals surface area (Å²) in [6, 6.07) is 20.9. The highest BCUT2D eigenvalue weighted by molar-refractivity contribution is 7.12. The summed E-state index contributed by atoms with van der Waals surface area (Å²) in [7, 11) is 0. The summed E-state index contributed by atoms with van der Waals surface area (Å²) in [4.78, 5) is 27.9. The van der Waals surface area contributed by atoms with E-state index in [1.165, 1.54) is 11.3 Å². The van der Waals surface area contributed by atoms with Gasteiger partial charge in [0.15, 0.2) is 6.10 Å². The number of ether oxygens (including phenoxy) is 1. The highest BCUT2D eigenvalue weighted by Gasteiger charge is 2.34. The lowest BCUT2D eigenvalue weighted by molar-refractivity contribution is -0.127. The van der Waals surface area contributed by atoms with Crippen molar-refractivity contribution in [1.29, 1.82) is 0 Å². The summed E-state index contributed by atoms with van der Waals surface area (Å²) in [5.41, 5.74) is 1.85. The molecule has 0 fully saturated rings. The standard InChI is InChI=1S/C22H20N2O3S/c25-21(23-13-12-16-7-2-1-3-8-16)19-15-24(22(26)20-11-6-14-28-20)17-9-4-5-10-18(17)27-19/h1-11,14,19H,12-13,15H2,(H,23,25)/t19-/m1/s1. The third kappa shape index (κ3) is 3.92. The molecule has 142 valence electrons. The molecule has 0 bridgehead atoms. The second kappa shape index (κ2) is 8.27. The highest BCUT2D eigenvalue weighted by Crippen LogP contribution is 2.34. The van der Waals surface area contributed by atoms with Gasteiger partial charge in [0.1, 0.15) is 5.75 Å². The fourth-order valence-electron chi connectivity index (χ4n) is 3.19. The molecule has 0 aliphatic carbocycles. The number of nitrogens with zero attached hydrogens (tertiary/aromatic N) is 1. The number of hydrogen-bond acceptors (Lipinski definition) is 4. The Hall–Kier alpha value is -3.12. The van der Waals surface area contributed by atoms with Crippen LogP contribution in [0.15, 0.2) is 72.1 Å². The van der Waals surface area contributed by atoms with Gasteiger partial charge in [-0.2, -0.15) is 0 Å². The Morgan fingerprint density at radius 2 is 1.82 bits per heavy atom. The third-order valence-corrected chi connectivity index (χ3v) is 5.46. The molecule has 1 N–H and O–H groups in total. The molecule has 28 heavy (non-hydrogen) atoms. The zero-order valence-corrected chi connectivity index (χ0v) is 16.0. The number of para-hydroxylation sites is 2. The van der Waals surface area contributed by atoms with Crippen LogP contribution in [0, 0.1) is 0 Å². The normalized spacial score (nSPS) is 15.4. The van der Waals surface area contributed by atoms with E-state index in [1.807, 2.05) is 60.0 Å². The van der Waals surface area contributed by atoms with Crippen molar-refractivity contribution in [3.63, 3.8) is 0 Å². The van der Waals surface area contributed by atoms with Gasteiger partial charge in [-0.3, -0.25) is 14.5 Å². The molecule has 3 aromatic rings. The molecular formula is C22H20N2O3S. The molecule has 1 aliphatic rings. The van der Waals surface area contributed by atoms with E-state index in [0.717, 1.165) is 12.0 Å². The molecule has 4 rings (SSSR count). The van der Waals surface area contributed by atoms with Gasteiger partial charge in [-0.15, -0.1) is 11.3 Å². The first-order valence-corrected chi connectivity index (χ1v) is 10.0. The van der Waals surface area contributed by atoms with E-state index in [2.05, 4.69) is 5.32 Å². The Morgan fingerprint density at radius 3 is 2.61 bits per heavy atom. The van der Waals surface area contributed by atoms with Gasteiger partial charge in [0.2, 0.25) is 0 Å². The Kier molecular flexibility index (Phi) is 5.39. The molecule has 0 radical (unpaired) electrons. The van der Waals surface area contributed by atoms with Crippen LogP contribution in [0.3, 0.4) is 0 Å². The number of fused-ring (bicyclic) bond motifs is 1. The number of anilines is 1. The summed E-state index contributed by atoms with van der Waals surface area (Å²) in [6.45, 7) is 0.703. The minimum atomic E-state index is -0.741. The van der Waals surface area contributed by atoms with Gasteiger partial charge >= 0.3 is 0 Å². The minimum Gasteiger partial charge on any atom is -0.477 e. The molecule has 1 aliphatic heterocycles. The van der Waals surface area contributed by atoms with Crippen molar-refractivity contribution in [2.75, 3.05) is 18.0 Å². The number of rotatable bonds is 5. The summed E-state index contributed by atoms with van der Waals surface area (Å²) >= 11 is 1.39. The predicted octanol–water partition coefficient (Wildman–Crippen LogP) is 3.51. The minimum absolute atomic E-state index is 0.118. The molecule has 0 saturated heterocycles. The Morgan fingerprint density at radius 1 is 1.04 bits per heavy atom. The largest absolute Gasteiger partial charge is 0.477 e. The number of thiophene rings is 1. The second-order valence-electron chi connectivity index (χ2n) is 6.49. The molecule has 0 spiro atoms. The topological polar surface area (TPSA) is 58.6 Å². The van der Waals surface area contributed by atoms with Crippen LogP contribution in [0.5, 0.6) is 5.75 Å². The maximum absolute atomic E-state index is 12.9. The maximum atomic E-state index is 12.9. The van der Waals surface area contributed by atoms with Crippen molar-refractivity contribution in [2.45, 2.75) is 12.5 Å². The lowest BCUT2D eigenvalue weighted by Crippen LogP contribution is -2.51. The van der Waals surface area contributed by atoms with E-state index in [-0.39, 0.29) is 18.4 Å². The molecular weight excluding hydrogens is 372 g/mol. The Labute approximate surface area is 167 Å². The van der Waals surface area contributed by atoms with Crippen molar-refractivity contribution in [2.24, 2.45) is 0 Å². The third-order valence-electron chi connectivity index (χ3n) is 4.60. The average Bonchev–Trinajstić information content (AvgIpc) is 3.28. The van der Waals surface area contributed by atoms with Gasteiger partial charge in [-0.1, -0.05) is 48.5 Å². The summed E-state index contributed by atoms with van der Waals surface area (Å²) in [6.07, 6.45) is 0.00265. The fourth-order valence-corrected chi connectivity index (χ4v) is 3.86. The van der Waals surface area contributed by atoms with Crippen LogP contribution >= 0.6 is 11.3 Å². The van der Waals surface area contributed by atoms with Crippen LogP contribution in [0.25, 0.3) is 0 Å². The van der Waals surface area contributed by atoms with Gasteiger partial charge in [-0.05, 0) is 35.6 Å². The van der Waals surface area contributed by atoms with E-state index in [0.29, 0.717) is 22.9 Å². The maximum Gasteiger partial charge on any atom is 0.268 e. The molecule has 0 saturated carbocycles. The monoisotopic (exact) mass is 392 g/mol. The zero-order chi connectivity index (χ0) is 19.3. The first-order valence-electron chi connectivity index (χ1n) is 9.15. The fraction of sp³-hybridized carbons (Fsp3) is 0.182. The van der Waals surface area contributed by atoms with Crippen LogP contribution in [-0.2, 0) is 11.2 Å². The van der Waals surface area contributed by atoms with Gasteiger partial charge in [-0.25, -0.2) is 0 Å². The lowest BCUT2D eigenvalue weighted by atomic mass is 10.1. The Balaban J connectivity index is 1.46. The molecule has 6 heteroatoms. The molecule has 5 nitrogen and oxygen atoms in total. The van der Waals surface area contributed by atoms with E-state index in [1.54, 1.807) is 17.0 Å². The molecule has 2 aromatic carbocycles. The average molecular weight is 392 g/mol. The molecule has 2 heterocycles. The summed E-state index contributed by atoms with van der Waals surface area (Å²) < 4.78 is 5.89. The smallest absolute Gasteiger partial charge is 0.268 e. The number of benzene rings is 2. The summed E-state index contributed by atoms with van der Waals surface area (Å²) in [5.74, 6) is 0.212. The lowest BCUT2D eigenvalue weighted by Gasteiger charge is -2.34. The van der Waals surface area contributed by atoms with E-state index >= 15 is 0 Å². The quantitative estimate of drug-likeness (QED) is 0.723. The van der Waals surface area contributed by atoms with Crippen molar-refractivity contribution >= 4 is 28.8 Å². The van der Waals surface area contributed by atoms with Crippen molar-refractivity contribution in [1.82, 2.24) is 5.32 Å². The number of nitrogens with one attached hydrogen (secondary N) is 1. The zero-order valence-electron chi connectivity index (χ0n) is 15.2. The SMILES string of the molecule is O=C(NCCc1ccccc1)[C@H]1CN(C(=O)c2cccs2)c2ccccc2O1. The molecule has 1 aromatic heterocycles. The molecule has 1 atom stereocenters. The van der Waals surface area contributed by atoms with Crippen molar-refractivity contribution in [3.8, 4) is 5.75 Å². The first kappa shape index (κ1) is 18.3. The molecule has 0 unspecified atom stereocenters. The van der Waals surface area contributed by atoms with E-state index in [4.69, 9.17) is 4.74 Å². The van der Waals surface area contributed by atoms with Gasteiger partial charge in [0, 0.05) is 6.54 Å². The van der Waals surface area contributed by atoms with Crippen molar-refractivity contribution < 1.29 is 14.3 Å². The van der Waals surface area contributed by atoms with Crippen LogP contribution in [0.1, 0.15) is 15.2 Å². The van der Waals surface area contributed by atoms with Crippen LogP contribution in [0.4, 0.5) is 5.69 Å². The highest BCUT2D eigenvalue weighted by atomic mass is 32.1. The van der Waals surface area contributed by atoms with Crippen LogP contribution in [-0.4, -0.2) is 31.0 Å². The second-order valence-corrected chi connectivity index (χ2v) is 7.44. The van der Waals surface area contributed by atoms with Crippen LogP contribution < -0.4 is 15.0 Å². The molecule has 2 amide bonds. The van der Waals surface area contributed by atoms with E-state index in [9.17, 15) is 9.59 Å². The van der Waals surface area contributed by atoms with Crippen molar-refractivity contribution in [3.05, 3.63) is 82.6 Å². The van der Waals surface area contributed by atoms with Gasteiger partial charge in [0.25, 0.3) is 11.8 Å². The summed E-state index contributed by atoms with van der Waals surface area (Å²) in [5, 5.41) is 4.80. The predicted molar refractivity (Wildman–Crippen MR) is 110 cm³/mol. The van der Waals surface area contributed by atoms with Gasteiger partial charge in [0.05, 0.1) is 17.1 Å². The first-order chi connectivity index (χ1) is 13.7. The van der Waals surface area contributed by atoms with Crippen LogP contribution in [0.2, 0.25) is 0 Å². The number of carbonyl (C=O) groups excluding carboxylic acids is 2. The van der Waals surface area contributed by atoms with E-state index < -0.39 is 6.10 Å². The number of amides is 2. The Bertz CT molecular complexity index is 957. The number of hydrogen-bond donors (Lipinski definition) is 1.